The minimum absolute atomic E-state index is 0.597. The van der Waals surface area contributed by atoms with Crippen molar-refractivity contribution in [2.45, 2.75) is 77.8 Å². The SMILES string of the molecule is CCCC1CCC(NC2CC2(C)C)CC1. The second kappa shape index (κ2) is 4.45. The zero-order valence-electron chi connectivity index (χ0n) is 10.7. The predicted molar refractivity (Wildman–Crippen MR) is 66.0 cm³/mol. The van der Waals surface area contributed by atoms with Crippen LogP contribution in [0.15, 0.2) is 0 Å². The summed E-state index contributed by atoms with van der Waals surface area (Å²) in [4.78, 5) is 0. The Bertz CT molecular complexity index is 201. The van der Waals surface area contributed by atoms with Gasteiger partial charge in [-0.25, -0.2) is 0 Å². The van der Waals surface area contributed by atoms with E-state index in [9.17, 15) is 0 Å². The first-order valence-corrected chi connectivity index (χ1v) is 6.88. The van der Waals surface area contributed by atoms with Crippen LogP contribution >= 0.6 is 0 Å². The molecule has 1 nitrogen and oxygen atoms in total. The van der Waals surface area contributed by atoms with Crippen LogP contribution in [0.1, 0.15) is 65.7 Å². The fourth-order valence-corrected chi connectivity index (χ4v) is 3.06. The van der Waals surface area contributed by atoms with Gasteiger partial charge in [-0.2, -0.15) is 0 Å². The molecule has 1 atom stereocenters. The molecule has 0 aliphatic heterocycles. The molecule has 2 aliphatic carbocycles. The van der Waals surface area contributed by atoms with Crippen molar-refractivity contribution in [1.29, 1.82) is 0 Å². The fourth-order valence-electron chi connectivity index (χ4n) is 3.06. The lowest BCUT2D eigenvalue weighted by Crippen LogP contribution is -2.36. The molecular weight excluding hydrogens is 182 g/mol. The van der Waals surface area contributed by atoms with Crippen LogP contribution in [0.2, 0.25) is 0 Å². The first-order valence-electron chi connectivity index (χ1n) is 6.88. The molecule has 1 unspecified atom stereocenters. The van der Waals surface area contributed by atoms with Crippen LogP contribution in [-0.2, 0) is 0 Å². The molecule has 0 heterocycles. The highest BCUT2D eigenvalue weighted by molar-refractivity contribution is 5.03. The Morgan fingerprint density at radius 3 is 2.20 bits per heavy atom. The molecule has 0 aromatic heterocycles. The molecule has 1 heteroatoms. The Balaban J connectivity index is 1.66. The van der Waals surface area contributed by atoms with Crippen molar-refractivity contribution in [2.75, 3.05) is 0 Å². The highest BCUT2D eigenvalue weighted by Crippen LogP contribution is 2.45. The van der Waals surface area contributed by atoms with E-state index in [1.165, 1.54) is 44.9 Å². The van der Waals surface area contributed by atoms with E-state index in [2.05, 4.69) is 26.1 Å². The second-order valence-corrected chi connectivity index (χ2v) is 6.42. The average molecular weight is 209 g/mol. The van der Waals surface area contributed by atoms with Gasteiger partial charge >= 0.3 is 0 Å². The largest absolute Gasteiger partial charge is 0.311 e. The molecule has 2 fully saturated rings. The predicted octanol–water partition coefficient (Wildman–Crippen LogP) is 3.73. The minimum atomic E-state index is 0.597. The first kappa shape index (κ1) is 11.4. The maximum Gasteiger partial charge on any atom is 0.0127 e. The summed E-state index contributed by atoms with van der Waals surface area (Å²) in [5.41, 5.74) is 0.597. The normalized spacial score (nSPS) is 39.0. The molecule has 0 spiro atoms. The Hall–Kier alpha value is -0.0400. The molecule has 2 aliphatic rings. The molecule has 0 aromatic rings. The number of hydrogen-bond donors (Lipinski definition) is 1. The third-order valence-electron chi connectivity index (χ3n) is 4.49. The Kier molecular flexibility index (Phi) is 3.39. The number of rotatable bonds is 4. The maximum absolute atomic E-state index is 3.85. The molecular formula is C14H27N. The van der Waals surface area contributed by atoms with Gasteiger partial charge in [-0.05, 0) is 43.4 Å². The van der Waals surface area contributed by atoms with Crippen LogP contribution in [0.4, 0.5) is 0 Å². The summed E-state index contributed by atoms with van der Waals surface area (Å²) in [5, 5.41) is 3.85. The van der Waals surface area contributed by atoms with Gasteiger partial charge in [0.25, 0.3) is 0 Å². The van der Waals surface area contributed by atoms with Crippen molar-refractivity contribution in [3.63, 3.8) is 0 Å². The van der Waals surface area contributed by atoms with E-state index >= 15 is 0 Å². The minimum Gasteiger partial charge on any atom is -0.311 e. The van der Waals surface area contributed by atoms with Crippen LogP contribution in [-0.4, -0.2) is 12.1 Å². The van der Waals surface area contributed by atoms with Crippen LogP contribution in [0.25, 0.3) is 0 Å². The lowest BCUT2D eigenvalue weighted by molar-refractivity contribution is 0.271. The van der Waals surface area contributed by atoms with Crippen LogP contribution < -0.4 is 5.32 Å². The molecule has 2 saturated carbocycles. The first-order chi connectivity index (χ1) is 7.12. The zero-order valence-corrected chi connectivity index (χ0v) is 10.7. The lowest BCUT2D eigenvalue weighted by Gasteiger charge is -2.29. The summed E-state index contributed by atoms with van der Waals surface area (Å²) in [5.74, 6) is 1.04. The molecule has 0 bridgehead atoms. The van der Waals surface area contributed by atoms with Gasteiger partial charge in [0, 0.05) is 12.1 Å². The van der Waals surface area contributed by atoms with Gasteiger partial charge in [-0.15, -0.1) is 0 Å². The zero-order chi connectivity index (χ0) is 10.9. The van der Waals surface area contributed by atoms with Gasteiger partial charge in [0.1, 0.15) is 0 Å². The van der Waals surface area contributed by atoms with E-state index in [-0.39, 0.29) is 0 Å². The monoisotopic (exact) mass is 209 g/mol. The highest BCUT2D eigenvalue weighted by Gasteiger charge is 2.46. The van der Waals surface area contributed by atoms with E-state index in [0.717, 1.165) is 18.0 Å². The third-order valence-corrected chi connectivity index (χ3v) is 4.49. The lowest BCUT2D eigenvalue weighted by atomic mass is 9.83. The summed E-state index contributed by atoms with van der Waals surface area (Å²) in [6.07, 6.45) is 10.0. The van der Waals surface area contributed by atoms with Crippen molar-refractivity contribution in [1.82, 2.24) is 5.32 Å². The van der Waals surface area contributed by atoms with Crippen molar-refractivity contribution in [2.24, 2.45) is 11.3 Å². The second-order valence-electron chi connectivity index (χ2n) is 6.42. The van der Waals surface area contributed by atoms with Crippen molar-refractivity contribution < 1.29 is 0 Å². The van der Waals surface area contributed by atoms with Crippen molar-refractivity contribution in [3.05, 3.63) is 0 Å². The van der Waals surface area contributed by atoms with Gasteiger partial charge < -0.3 is 5.32 Å². The summed E-state index contributed by atoms with van der Waals surface area (Å²) >= 11 is 0. The topological polar surface area (TPSA) is 12.0 Å². The van der Waals surface area contributed by atoms with Crippen LogP contribution in [0.3, 0.4) is 0 Å². The van der Waals surface area contributed by atoms with E-state index < -0.39 is 0 Å². The quantitative estimate of drug-likeness (QED) is 0.744. The fraction of sp³-hybridized carbons (Fsp3) is 1.00. The van der Waals surface area contributed by atoms with Crippen molar-refractivity contribution >= 4 is 0 Å². The summed E-state index contributed by atoms with van der Waals surface area (Å²) < 4.78 is 0. The van der Waals surface area contributed by atoms with E-state index in [1.54, 1.807) is 0 Å². The molecule has 0 radical (unpaired) electrons. The Morgan fingerprint density at radius 2 is 1.73 bits per heavy atom. The Labute approximate surface area is 95.0 Å². The van der Waals surface area contributed by atoms with Gasteiger partial charge in [-0.1, -0.05) is 33.6 Å². The molecule has 0 aromatic carbocycles. The smallest absolute Gasteiger partial charge is 0.0127 e. The molecule has 15 heavy (non-hydrogen) atoms. The van der Waals surface area contributed by atoms with Gasteiger partial charge in [0.15, 0.2) is 0 Å². The Morgan fingerprint density at radius 1 is 1.13 bits per heavy atom. The summed E-state index contributed by atoms with van der Waals surface area (Å²) in [7, 11) is 0. The third kappa shape index (κ3) is 2.96. The van der Waals surface area contributed by atoms with E-state index in [4.69, 9.17) is 0 Å². The molecule has 0 amide bonds. The van der Waals surface area contributed by atoms with Gasteiger partial charge in [-0.3, -0.25) is 0 Å². The molecule has 0 saturated heterocycles. The van der Waals surface area contributed by atoms with Crippen LogP contribution in [0, 0.1) is 11.3 Å². The average Bonchev–Trinajstić information content (AvgIpc) is 2.78. The summed E-state index contributed by atoms with van der Waals surface area (Å²) in [6, 6.07) is 1.66. The molecule has 88 valence electrons. The van der Waals surface area contributed by atoms with Crippen molar-refractivity contribution in [3.8, 4) is 0 Å². The molecule has 2 rings (SSSR count). The maximum atomic E-state index is 3.85. The number of nitrogens with one attached hydrogen (secondary N) is 1. The highest BCUT2D eigenvalue weighted by atomic mass is 15.0. The number of hydrogen-bond acceptors (Lipinski definition) is 1. The van der Waals surface area contributed by atoms with Gasteiger partial charge in [0.2, 0.25) is 0 Å². The molecule has 1 N–H and O–H groups in total. The standard InChI is InChI=1S/C14H27N/c1-4-5-11-6-8-12(9-7-11)15-13-10-14(13,2)3/h11-13,15H,4-10H2,1-3H3. The van der Waals surface area contributed by atoms with Gasteiger partial charge in [0.05, 0.1) is 0 Å². The van der Waals surface area contributed by atoms with Crippen LogP contribution in [0.5, 0.6) is 0 Å². The summed E-state index contributed by atoms with van der Waals surface area (Å²) in [6.45, 7) is 7.08. The van der Waals surface area contributed by atoms with E-state index in [0.29, 0.717) is 5.41 Å². The van der Waals surface area contributed by atoms with E-state index in [1.807, 2.05) is 0 Å².